The van der Waals surface area contributed by atoms with Crippen LogP contribution in [0.1, 0.15) is 17.0 Å². The van der Waals surface area contributed by atoms with Gasteiger partial charge in [-0.3, -0.25) is 9.78 Å². The van der Waals surface area contributed by atoms with Crippen molar-refractivity contribution in [3.05, 3.63) is 72.0 Å². The van der Waals surface area contributed by atoms with Crippen molar-refractivity contribution in [3.63, 3.8) is 0 Å². The van der Waals surface area contributed by atoms with E-state index >= 15 is 0 Å². The van der Waals surface area contributed by atoms with Gasteiger partial charge in [-0.15, -0.1) is 0 Å². The number of sulfonamides is 2. The molecule has 2 saturated heterocycles. The fraction of sp³-hybridized carbons (Fsp3) is 0.357. The van der Waals surface area contributed by atoms with Crippen LogP contribution >= 0.6 is 11.6 Å². The number of fused-ring (bicyclic) bond motifs is 1. The first-order chi connectivity index (χ1) is 21.1. The van der Waals surface area contributed by atoms with Crippen LogP contribution in [-0.2, 0) is 24.8 Å². The molecule has 1 amide bonds. The smallest absolute Gasteiger partial charge is 0.291 e. The Morgan fingerprint density at radius 3 is 2.39 bits per heavy atom. The van der Waals surface area contributed by atoms with Crippen molar-refractivity contribution in [1.29, 1.82) is 0 Å². The third-order valence-corrected chi connectivity index (χ3v) is 11.7. The largest absolute Gasteiger partial charge is 0.379 e. The molecule has 2 fully saturated rings. The van der Waals surface area contributed by atoms with Crippen LogP contribution in [0.2, 0.25) is 5.02 Å². The van der Waals surface area contributed by atoms with Gasteiger partial charge in [-0.25, -0.2) is 26.8 Å². The first-order valence-corrected chi connectivity index (χ1v) is 17.4. The molecular weight excluding hydrogens is 630 g/mol. The number of aromatic nitrogens is 4. The van der Waals surface area contributed by atoms with Crippen LogP contribution in [0, 0.1) is 0 Å². The molecule has 1 N–H and O–H groups in total. The molecule has 0 saturated carbocycles. The number of aromatic amines is 1. The van der Waals surface area contributed by atoms with Crippen molar-refractivity contribution < 1.29 is 26.4 Å². The molecule has 6 rings (SSSR count). The minimum absolute atomic E-state index is 0.00596. The van der Waals surface area contributed by atoms with Gasteiger partial charge in [0, 0.05) is 85.0 Å². The fourth-order valence-electron chi connectivity index (χ4n) is 5.41. The minimum Gasteiger partial charge on any atom is -0.379 e. The third-order valence-electron chi connectivity index (χ3n) is 7.81. The summed E-state index contributed by atoms with van der Waals surface area (Å²) in [5.74, 6) is -0.827. The summed E-state index contributed by atoms with van der Waals surface area (Å²) in [5, 5.41) is 1.11. The second-order valence-electron chi connectivity index (χ2n) is 10.5. The zero-order valence-electron chi connectivity index (χ0n) is 23.5. The van der Waals surface area contributed by atoms with E-state index in [2.05, 4.69) is 19.9 Å². The van der Waals surface area contributed by atoms with Gasteiger partial charge in [0.25, 0.3) is 15.9 Å². The lowest BCUT2D eigenvalue weighted by Gasteiger charge is -2.40. The lowest BCUT2D eigenvalue weighted by Crippen LogP contribution is -2.57. The number of hydrogen-bond donors (Lipinski definition) is 1. The van der Waals surface area contributed by atoms with Crippen molar-refractivity contribution in [1.82, 2.24) is 33.4 Å². The summed E-state index contributed by atoms with van der Waals surface area (Å²) in [6, 6.07) is 9.40. The minimum atomic E-state index is -4.01. The number of nitrogens with one attached hydrogen (secondary N) is 1. The second-order valence-corrected chi connectivity index (χ2v) is 15.0. The highest BCUT2D eigenvalue weighted by molar-refractivity contribution is 7.89. The van der Waals surface area contributed by atoms with E-state index in [0.717, 1.165) is 5.56 Å². The van der Waals surface area contributed by atoms with Crippen LogP contribution in [0.5, 0.6) is 0 Å². The zero-order valence-corrected chi connectivity index (χ0v) is 25.9. The second kappa shape index (κ2) is 12.5. The highest BCUT2D eigenvalue weighted by Gasteiger charge is 2.39. The Bertz CT molecular complexity index is 1870. The lowest BCUT2D eigenvalue weighted by molar-refractivity contribution is 0.0544. The Morgan fingerprint density at radius 1 is 0.932 bits per heavy atom. The van der Waals surface area contributed by atoms with Gasteiger partial charge in [0.1, 0.15) is 5.03 Å². The first kappa shape index (κ1) is 30.6. The van der Waals surface area contributed by atoms with E-state index in [0.29, 0.717) is 34.7 Å². The van der Waals surface area contributed by atoms with Crippen LogP contribution in [-0.4, -0.2) is 114 Å². The lowest BCUT2D eigenvalue weighted by atomic mass is 10.1. The average molecular weight is 660 g/mol. The molecule has 0 spiro atoms. The molecule has 0 radical (unpaired) electrons. The summed E-state index contributed by atoms with van der Waals surface area (Å²) in [6.07, 6.45) is 6.38. The maximum atomic E-state index is 13.7. The maximum Gasteiger partial charge on any atom is 0.291 e. The molecule has 5 heterocycles. The van der Waals surface area contributed by atoms with E-state index in [1.165, 1.54) is 32.0 Å². The van der Waals surface area contributed by atoms with Gasteiger partial charge in [-0.1, -0.05) is 11.6 Å². The number of H-pyrrole nitrogens is 1. The number of carbonyl (C=O) groups excluding carboxylic acids is 1. The van der Waals surface area contributed by atoms with Crippen LogP contribution in [0.15, 0.2) is 66.2 Å². The summed E-state index contributed by atoms with van der Waals surface area (Å²) in [6.45, 7) is 1.05. The monoisotopic (exact) mass is 659 g/mol. The van der Waals surface area contributed by atoms with E-state index in [1.807, 2.05) is 0 Å². The molecule has 4 aromatic rings. The molecule has 13 nitrogen and oxygen atoms in total. The molecule has 16 heteroatoms. The van der Waals surface area contributed by atoms with Gasteiger partial charge in [0.15, 0.2) is 0 Å². The van der Waals surface area contributed by atoms with Gasteiger partial charge in [0.2, 0.25) is 15.8 Å². The number of carbonyl (C=O) groups is 1. The number of ether oxygens (including phenoxy) is 1. The zero-order chi connectivity index (χ0) is 30.9. The van der Waals surface area contributed by atoms with E-state index in [9.17, 15) is 21.6 Å². The van der Waals surface area contributed by atoms with Crippen LogP contribution in [0.3, 0.4) is 0 Å². The number of nitrogens with zero attached hydrogens (tertiary/aromatic N) is 6. The maximum absolute atomic E-state index is 13.7. The van der Waals surface area contributed by atoms with Gasteiger partial charge >= 0.3 is 0 Å². The van der Waals surface area contributed by atoms with E-state index in [1.54, 1.807) is 42.7 Å². The van der Waals surface area contributed by atoms with Crippen LogP contribution in [0.4, 0.5) is 0 Å². The molecule has 44 heavy (non-hydrogen) atoms. The molecule has 0 aliphatic carbocycles. The number of halogens is 1. The van der Waals surface area contributed by atoms with Crippen LogP contribution in [0.25, 0.3) is 22.0 Å². The highest BCUT2D eigenvalue weighted by Crippen LogP contribution is 2.27. The van der Waals surface area contributed by atoms with E-state index in [4.69, 9.17) is 16.3 Å². The summed E-state index contributed by atoms with van der Waals surface area (Å²) in [5.41, 5.74) is 2.15. The van der Waals surface area contributed by atoms with Crippen molar-refractivity contribution in [2.75, 3.05) is 51.7 Å². The van der Waals surface area contributed by atoms with Gasteiger partial charge < -0.3 is 14.6 Å². The number of rotatable bonds is 8. The molecule has 1 unspecified atom stereocenters. The molecule has 0 bridgehead atoms. The van der Waals surface area contributed by atoms with Crippen LogP contribution < -0.4 is 0 Å². The number of pyridine rings is 1. The summed E-state index contributed by atoms with van der Waals surface area (Å²) >= 11 is 6.09. The Hall–Kier alpha value is -3.47. The predicted octanol–water partition coefficient (Wildman–Crippen LogP) is 2.24. The molecule has 2 aliphatic rings. The Balaban J connectivity index is 1.25. The van der Waals surface area contributed by atoms with E-state index in [-0.39, 0.29) is 55.7 Å². The number of piperazine rings is 1. The quantitative estimate of drug-likeness (QED) is 0.299. The Labute approximate surface area is 259 Å². The topological polar surface area (TPSA) is 159 Å². The van der Waals surface area contributed by atoms with Crippen molar-refractivity contribution >= 4 is 48.5 Å². The van der Waals surface area contributed by atoms with Crippen molar-refractivity contribution in [3.8, 4) is 11.1 Å². The molecule has 232 valence electrons. The standard InChI is InChI=1S/C28H30ClN7O6S2/c29-23-1-2-25-21(15-23)16-26(33-25)44(40,41)35-8-9-36(24(19-35)5-14-43(38,39)34-10-12-42-13-11-34)28(37)27-31-17-22(18-32-27)20-3-6-30-7-4-20/h1-4,6-7,15-18,24,33H,5,8-14,19H2. The Kier molecular flexibility index (Phi) is 8.68. The SMILES string of the molecule is O=C(c1ncc(-c2ccncc2)cn1)N1CCN(S(=O)(=O)c2cc3cc(Cl)ccc3[nH]2)CC1CCS(=O)(=O)N1CCOCC1. The highest BCUT2D eigenvalue weighted by atomic mass is 35.5. The number of hydrogen-bond acceptors (Lipinski definition) is 9. The van der Waals surface area contributed by atoms with E-state index < -0.39 is 32.0 Å². The third kappa shape index (κ3) is 6.34. The van der Waals surface area contributed by atoms with Crippen molar-refractivity contribution in [2.45, 2.75) is 17.5 Å². The van der Waals surface area contributed by atoms with Crippen molar-refractivity contribution in [2.24, 2.45) is 0 Å². The van der Waals surface area contributed by atoms with Gasteiger partial charge in [-0.2, -0.15) is 8.61 Å². The number of morpholine rings is 1. The molecule has 1 aromatic carbocycles. The summed E-state index contributed by atoms with van der Waals surface area (Å²) < 4.78 is 61.8. The fourth-order valence-corrected chi connectivity index (χ4v) is 8.61. The molecule has 1 atom stereocenters. The molecule has 3 aromatic heterocycles. The summed E-state index contributed by atoms with van der Waals surface area (Å²) in [4.78, 5) is 30.7. The normalized spacial score (nSPS) is 18.9. The molecule has 2 aliphatic heterocycles. The summed E-state index contributed by atoms with van der Waals surface area (Å²) in [7, 11) is -7.68. The van der Waals surface area contributed by atoms with Gasteiger partial charge in [0.05, 0.1) is 19.0 Å². The Morgan fingerprint density at radius 2 is 1.66 bits per heavy atom. The number of amides is 1. The number of benzene rings is 1. The molecular formula is C28H30ClN7O6S2. The predicted molar refractivity (Wildman–Crippen MR) is 163 cm³/mol. The average Bonchev–Trinajstić information content (AvgIpc) is 3.49. The first-order valence-electron chi connectivity index (χ1n) is 14.0. The van der Waals surface area contributed by atoms with Gasteiger partial charge in [-0.05, 0) is 48.4 Å².